The number of esters is 10. The summed E-state index contributed by atoms with van der Waals surface area (Å²) in [6.07, 6.45) is -25.5. The van der Waals surface area contributed by atoms with Gasteiger partial charge < -0.3 is 184 Å². The molecule has 47 heteroatoms. The summed E-state index contributed by atoms with van der Waals surface area (Å²) < 4.78 is 74.7. The zero-order chi connectivity index (χ0) is 93.9. The van der Waals surface area contributed by atoms with E-state index in [2.05, 4.69) is 0 Å². The fourth-order valence-electron chi connectivity index (χ4n) is 12.2. The molecule has 47 nitrogen and oxygen atoms in total. The highest BCUT2D eigenvalue weighted by Crippen LogP contribution is 2.46. The first kappa shape index (κ1) is 90.1. The zero-order valence-corrected chi connectivity index (χ0v) is 64.2. The maximum atomic E-state index is 14.6. The van der Waals surface area contributed by atoms with Gasteiger partial charge in [-0.2, -0.15) is 0 Å². The molecule has 0 spiro atoms. The molecule has 2 saturated heterocycles. The van der Waals surface area contributed by atoms with Crippen molar-refractivity contribution < 1.29 is 232 Å². The molecule has 0 aromatic heterocycles. The van der Waals surface area contributed by atoms with E-state index in [1.807, 2.05) is 0 Å². The lowest BCUT2D eigenvalue weighted by atomic mass is 9.97. The number of benzene rings is 10. The number of phenols is 24. The van der Waals surface area contributed by atoms with Crippen molar-refractivity contribution in [3.8, 4) is 149 Å². The van der Waals surface area contributed by atoms with E-state index in [9.17, 15) is 171 Å². The molecule has 0 bridgehead atoms. The minimum atomic E-state index is -2.65. The molecule has 10 aromatic carbocycles. The molecule has 10 atom stereocenters. The van der Waals surface area contributed by atoms with Crippen LogP contribution >= 0.6 is 0 Å². The Kier molecular flexibility index (Phi) is 25.5. The molecule has 0 radical (unpaired) electrons. The Morgan fingerprint density at radius 1 is 0.202 bits per heavy atom. The van der Waals surface area contributed by atoms with Gasteiger partial charge in [0.2, 0.25) is 24.8 Å². The predicted octanol–water partition coefficient (Wildman–Crippen LogP) is 5.24. The first-order chi connectivity index (χ1) is 60.9. The first-order valence-corrected chi connectivity index (χ1v) is 36.1. The highest BCUT2D eigenvalue weighted by Gasteiger charge is 2.57. The summed E-state index contributed by atoms with van der Waals surface area (Å²) in [6.45, 7) is -2.69. The topological polar surface area (TPSA) is 776 Å². The summed E-state index contributed by atoms with van der Waals surface area (Å²) in [5.74, 6) is -44.8. The Morgan fingerprint density at radius 3 is 0.558 bits per heavy atom. The Balaban J connectivity index is 0.870. The van der Waals surface area contributed by atoms with Gasteiger partial charge in [0, 0.05) is 0 Å². The van der Waals surface area contributed by atoms with Crippen LogP contribution in [0.4, 0.5) is 0 Å². The van der Waals surface area contributed by atoms with Crippen molar-refractivity contribution in [3.63, 3.8) is 0 Å². The van der Waals surface area contributed by atoms with Gasteiger partial charge in [0.05, 0.1) is 55.6 Å². The number of phenolic OH excluding ortho intramolecular Hbond substituents is 24. The maximum Gasteiger partial charge on any atom is 0.340 e. The van der Waals surface area contributed by atoms with Crippen molar-refractivity contribution in [3.05, 3.63) is 201 Å². The number of hydrogen-bond donors (Lipinski definition) is 24. The summed E-state index contributed by atoms with van der Waals surface area (Å²) in [5.41, 5.74) is -7.82. The van der Waals surface area contributed by atoms with Crippen LogP contribution in [0.15, 0.2) is 146 Å². The highest BCUT2D eigenvalue weighted by atomic mass is 16.8. The zero-order valence-electron chi connectivity index (χ0n) is 64.2. The van der Waals surface area contributed by atoms with Gasteiger partial charge in [-0.1, -0.05) is 0 Å². The average molecular weight is 1800 g/mol. The van der Waals surface area contributed by atoms with Gasteiger partial charge in [-0.3, -0.25) is 0 Å². The van der Waals surface area contributed by atoms with Crippen LogP contribution < -0.4 is 4.74 Å². The summed E-state index contributed by atoms with van der Waals surface area (Å²) >= 11 is 0. The summed E-state index contributed by atoms with van der Waals surface area (Å²) in [7, 11) is 0. The standard InChI is InChI=1S/C82H62O47/c83-39-9-29(10-40(84)57(39)99)71(107)117-25-55-65(122-75(111)31-13-43(87)59(101)44(88)14-31)67(124-77(113)33-17-47(91)61(103)48(92)18-33)69(126-79(115)35-21-51(95)63(105)52(96)22-35)81(120-55)128-73(109)27-1-5-37(6-2-27)119-38-7-3-28(4-8-38)74(110)129-82-70(127-80(116)36-23-53(97)64(106)54(98)24-36)68(125-78(114)34-19-49(93)62(104)50(94)20-34)66(123-76(112)32-15-45(89)60(102)46(90)16-32)56(121-82)26-118-72(108)30-11-41(85)58(100)42(86)12-30/h1-24,55-56,65-70,81-106H,25-26H2/t55-,56-,65-,66-,67+,68+,69-,70-,81+,82+/m1/s1. The first-order valence-electron chi connectivity index (χ1n) is 36.1. The van der Waals surface area contributed by atoms with E-state index in [0.717, 1.165) is 48.5 Å². The molecule has 10 aromatic rings. The molecular formula is C82H62O47. The van der Waals surface area contributed by atoms with Crippen molar-refractivity contribution in [1.82, 2.24) is 0 Å². The minimum absolute atomic E-state index is 0.202. The fourth-order valence-corrected chi connectivity index (χ4v) is 12.2. The molecule has 12 rings (SSSR count). The van der Waals surface area contributed by atoms with Crippen LogP contribution in [0, 0.1) is 0 Å². The Bertz CT molecular complexity index is 5630. The van der Waals surface area contributed by atoms with Crippen LogP contribution in [-0.2, 0) is 56.8 Å². The van der Waals surface area contributed by atoms with Crippen LogP contribution in [0.3, 0.4) is 0 Å². The Morgan fingerprint density at radius 2 is 0.364 bits per heavy atom. The van der Waals surface area contributed by atoms with Gasteiger partial charge in [-0.05, 0) is 146 Å². The minimum Gasteiger partial charge on any atom is -0.504 e. The van der Waals surface area contributed by atoms with E-state index >= 15 is 0 Å². The third kappa shape index (κ3) is 19.5. The number of hydrogen-bond acceptors (Lipinski definition) is 47. The summed E-state index contributed by atoms with van der Waals surface area (Å²) in [6, 6.07) is 16.5. The molecule has 2 heterocycles. The highest BCUT2D eigenvalue weighted by molar-refractivity contribution is 5.97. The largest absolute Gasteiger partial charge is 0.504 e. The Hall–Kier alpha value is -18.2. The van der Waals surface area contributed by atoms with Crippen LogP contribution in [0.1, 0.15) is 104 Å². The number of ether oxygens (including phenoxy) is 13. The van der Waals surface area contributed by atoms with Gasteiger partial charge in [0.1, 0.15) is 36.9 Å². The van der Waals surface area contributed by atoms with Crippen LogP contribution in [-0.4, -0.2) is 257 Å². The maximum absolute atomic E-state index is 14.6. The van der Waals surface area contributed by atoms with Crippen LogP contribution in [0.2, 0.25) is 0 Å². The third-order valence-electron chi connectivity index (χ3n) is 18.7. The van der Waals surface area contributed by atoms with E-state index in [1.165, 1.54) is 0 Å². The molecule has 0 saturated carbocycles. The average Bonchev–Trinajstić information content (AvgIpc) is 0.768. The molecule has 24 N–H and O–H groups in total. The number of aromatic hydroxyl groups is 24. The van der Waals surface area contributed by atoms with Gasteiger partial charge in [0.25, 0.3) is 0 Å². The Labute approximate surface area is 714 Å². The van der Waals surface area contributed by atoms with Crippen molar-refractivity contribution in [2.75, 3.05) is 13.2 Å². The molecule has 0 amide bonds. The quantitative estimate of drug-likeness (QED) is 0.0209. The molecule has 0 aliphatic carbocycles. The lowest BCUT2D eigenvalue weighted by molar-refractivity contribution is -0.283. The van der Waals surface area contributed by atoms with Crippen molar-refractivity contribution in [1.29, 1.82) is 0 Å². The summed E-state index contributed by atoms with van der Waals surface area (Å²) in [5, 5.41) is 247. The second-order valence-corrected chi connectivity index (χ2v) is 27.4. The number of carbonyl (C=O) groups is 10. The molecule has 2 aliphatic rings. The van der Waals surface area contributed by atoms with E-state index in [-0.39, 0.29) is 11.5 Å². The normalized spacial score (nSPS) is 18.0. The van der Waals surface area contributed by atoms with E-state index < -0.39 is 328 Å². The molecule has 0 unspecified atom stereocenters. The van der Waals surface area contributed by atoms with Gasteiger partial charge in [-0.25, -0.2) is 47.9 Å². The number of carbonyl (C=O) groups excluding carboxylic acids is 10. The van der Waals surface area contributed by atoms with Gasteiger partial charge in [-0.15, -0.1) is 0 Å². The van der Waals surface area contributed by atoms with Gasteiger partial charge in [0.15, 0.2) is 162 Å². The van der Waals surface area contributed by atoms with Crippen molar-refractivity contribution in [2.24, 2.45) is 0 Å². The molecular weight excluding hydrogens is 1740 g/mol. The van der Waals surface area contributed by atoms with Crippen molar-refractivity contribution in [2.45, 2.75) is 61.4 Å². The number of rotatable bonds is 24. The van der Waals surface area contributed by atoms with Crippen molar-refractivity contribution >= 4 is 59.7 Å². The SMILES string of the molecule is O=C(OC[C@H]1O[C@@H](OC(=O)c2ccc(Oc3ccc(C(=O)O[C@@H]4O[C@H](COC(=O)c5cc(O)c(O)c(O)c5)[C@@H](OC(=O)c5cc(O)c(O)c(O)c5)[C@H](OC(=O)c5cc(O)c(O)c(O)c5)[C@H]4OC(=O)c4cc(O)c(O)c(O)c4)cc3)cc2)[C@H](OC(=O)c2cc(O)c(O)c(O)c2)[C@@H](OC(=O)c2cc(O)c(O)c(O)c2)[C@@H]1OC(=O)c1cc(O)c(O)c(O)c1)c1cc(O)c(O)c(O)c1. The lowest BCUT2D eigenvalue weighted by Gasteiger charge is -2.43. The predicted molar refractivity (Wildman–Crippen MR) is 408 cm³/mol. The molecule has 672 valence electrons. The van der Waals surface area contributed by atoms with E-state index in [0.29, 0.717) is 97.1 Å². The monoisotopic (exact) mass is 1800 g/mol. The molecule has 2 aliphatic heterocycles. The third-order valence-corrected chi connectivity index (χ3v) is 18.7. The lowest BCUT2D eigenvalue weighted by Crippen LogP contribution is -2.63. The molecule has 2 fully saturated rings. The van der Waals surface area contributed by atoms with E-state index in [4.69, 9.17) is 61.6 Å². The fraction of sp³-hybridized carbons (Fsp3) is 0.146. The van der Waals surface area contributed by atoms with Crippen LogP contribution in [0.5, 0.6) is 149 Å². The second kappa shape index (κ2) is 36.5. The summed E-state index contributed by atoms with van der Waals surface area (Å²) in [4.78, 5) is 143. The molecule has 129 heavy (non-hydrogen) atoms. The smallest absolute Gasteiger partial charge is 0.340 e. The van der Waals surface area contributed by atoms with Crippen LogP contribution in [0.25, 0.3) is 0 Å². The second-order valence-electron chi connectivity index (χ2n) is 27.4. The van der Waals surface area contributed by atoms with E-state index in [1.54, 1.807) is 0 Å². The van der Waals surface area contributed by atoms with Gasteiger partial charge >= 0.3 is 59.7 Å².